The summed E-state index contributed by atoms with van der Waals surface area (Å²) in [6.07, 6.45) is 3.43. The van der Waals surface area contributed by atoms with Crippen molar-refractivity contribution >= 4 is 24.2 Å². The van der Waals surface area contributed by atoms with Crippen LogP contribution in [0.4, 0.5) is 0 Å². The molecule has 2 N–H and O–H groups in total. The lowest BCUT2D eigenvalue weighted by Crippen LogP contribution is -2.55. The third-order valence-electron chi connectivity index (χ3n) is 8.19. The molecule has 1 saturated heterocycles. The molecule has 1 saturated carbocycles. The highest BCUT2D eigenvalue weighted by Crippen LogP contribution is 2.32. The van der Waals surface area contributed by atoms with E-state index in [1.807, 2.05) is 53.4 Å². The fourth-order valence-electron chi connectivity index (χ4n) is 5.60. The van der Waals surface area contributed by atoms with E-state index in [2.05, 4.69) is 10.6 Å². The zero-order valence-corrected chi connectivity index (χ0v) is 26.9. The number of hydrogen-bond acceptors (Lipinski definition) is 7. The van der Waals surface area contributed by atoms with Gasteiger partial charge in [-0.15, -0.1) is 12.4 Å². The SMILES string of the molecule is COc1ccccc1COCCCOc1ccc(C(=O)N[C@H]2CCNCC2C(=O)N(Cc2ccccc2OC)C2CC2)cc1.Cl. The van der Waals surface area contributed by atoms with Gasteiger partial charge < -0.3 is 34.5 Å². The molecule has 2 aliphatic rings. The molecule has 3 aromatic rings. The summed E-state index contributed by atoms with van der Waals surface area (Å²) in [5.74, 6) is 1.84. The van der Waals surface area contributed by atoms with E-state index < -0.39 is 0 Å². The number of ether oxygens (including phenoxy) is 4. The van der Waals surface area contributed by atoms with Crippen molar-refractivity contribution in [2.24, 2.45) is 5.92 Å². The van der Waals surface area contributed by atoms with Crippen molar-refractivity contribution < 1.29 is 28.5 Å². The third-order valence-corrected chi connectivity index (χ3v) is 8.19. The van der Waals surface area contributed by atoms with Gasteiger partial charge in [0.15, 0.2) is 0 Å². The predicted molar refractivity (Wildman–Crippen MR) is 175 cm³/mol. The first-order valence-electron chi connectivity index (χ1n) is 15.4. The second-order valence-corrected chi connectivity index (χ2v) is 11.3. The molecule has 0 spiro atoms. The molecule has 9 nitrogen and oxygen atoms in total. The van der Waals surface area contributed by atoms with Crippen LogP contribution in [0.15, 0.2) is 72.8 Å². The Hall–Kier alpha value is -3.79. The van der Waals surface area contributed by atoms with E-state index >= 15 is 0 Å². The highest BCUT2D eigenvalue weighted by Gasteiger charge is 2.40. The number of carbonyl (C=O) groups excluding carboxylic acids is 2. The molecule has 2 atom stereocenters. The summed E-state index contributed by atoms with van der Waals surface area (Å²) in [6, 6.07) is 22.8. The molecule has 2 fully saturated rings. The van der Waals surface area contributed by atoms with Crippen LogP contribution in [0.5, 0.6) is 17.2 Å². The molecule has 0 radical (unpaired) electrons. The highest BCUT2D eigenvalue weighted by molar-refractivity contribution is 5.95. The molecule has 10 heteroatoms. The van der Waals surface area contributed by atoms with Gasteiger partial charge in [-0.2, -0.15) is 0 Å². The second-order valence-electron chi connectivity index (χ2n) is 11.3. The van der Waals surface area contributed by atoms with Gasteiger partial charge in [0.05, 0.1) is 40.0 Å². The molecule has 242 valence electrons. The Morgan fingerprint density at radius 1 is 0.867 bits per heavy atom. The first-order chi connectivity index (χ1) is 21.6. The second kappa shape index (κ2) is 17.1. The third kappa shape index (κ3) is 9.36. The Kier molecular flexibility index (Phi) is 12.9. The summed E-state index contributed by atoms with van der Waals surface area (Å²) in [7, 11) is 3.31. The van der Waals surface area contributed by atoms with Gasteiger partial charge in [0.2, 0.25) is 5.91 Å². The zero-order chi connectivity index (χ0) is 30.7. The van der Waals surface area contributed by atoms with Gasteiger partial charge in [-0.3, -0.25) is 9.59 Å². The van der Waals surface area contributed by atoms with E-state index in [1.165, 1.54) is 0 Å². The van der Waals surface area contributed by atoms with E-state index in [9.17, 15) is 9.59 Å². The van der Waals surface area contributed by atoms with Gasteiger partial charge in [-0.1, -0.05) is 36.4 Å². The Morgan fingerprint density at radius 2 is 1.53 bits per heavy atom. The number of methoxy groups -OCH3 is 2. The van der Waals surface area contributed by atoms with Crippen molar-refractivity contribution in [2.75, 3.05) is 40.5 Å². The monoisotopic (exact) mass is 637 g/mol. The van der Waals surface area contributed by atoms with Gasteiger partial charge >= 0.3 is 0 Å². The van der Waals surface area contributed by atoms with E-state index in [0.29, 0.717) is 50.6 Å². The Morgan fingerprint density at radius 3 is 2.22 bits per heavy atom. The average Bonchev–Trinajstić information content (AvgIpc) is 3.91. The summed E-state index contributed by atoms with van der Waals surface area (Å²) in [6.45, 7) is 3.33. The zero-order valence-electron chi connectivity index (χ0n) is 26.0. The number of para-hydroxylation sites is 2. The van der Waals surface area contributed by atoms with Gasteiger partial charge in [0.1, 0.15) is 17.2 Å². The van der Waals surface area contributed by atoms with Crippen LogP contribution in [0.2, 0.25) is 0 Å². The lowest BCUT2D eigenvalue weighted by molar-refractivity contribution is -0.138. The number of piperidine rings is 1. The minimum atomic E-state index is -0.337. The number of carbonyl (C=O) groups is 2. The largest absolute Gasteiger partial charge is 0.496 e. The van der Waals surface area contributed by atoms with Crippen molar-refractivity contribution in [1.82, 2.24) is 15.5 Å². The van der Waals surface area contributed by atoms with Crippen LogP contribution in [0, 0.1) is 5.92 Å². The predicted octanol–water partition coefficient (Wildman–Crippen LogP) is 5.01. The van der Waals surface area contributed by atoms with Crippen molar-refractivity contribution in [2.45, 2.75) is 50.9 Å². The molecule has 0 aromatic heterocycles. The van der Waals surface area contributed by atoms with Crippen molar-refractivity contribution in [1.29, 1.82) is 0 Å². The van der Waals surface area contributed by atoms with Gasteiger partial charge in [-0.05, 0) is 62.2 Å². The van der Waals surface area contributed by atoms with E-state index in [1.54, 1.807) is 38.5 Å². The molecule has 1 aliphatic carbocycles. The molecule has 1 aliphatic heterocycles. The molecule has 0 bridgehead atoms. The maximum atomic E-state index is 13.9. The number of rotatable bonds is 15. The van der Waals surface area contributed by atoms with E-state index in [0.717, 1.165) is 48.4 Å². The number of amides is 2. The first-order valence-corrected chi connectivity index (χ1v) is 15.4. The van der Waals surface area contributed by atoms with Crippen LogP contribution in [-0.4, -0.2) is 69.3 Å². The lowest BCUT2D eigenvalue weighted by atomic mass is 9.91. The van der Waals surface area contributed by atoms with Crippen molar-refractivity contribution in [3.8, 4) is 17.2 Å². The summed E-state index contributed by atoms with van der Waals surface area (Å²) in [4.78, 5) is 29.1. The van der Waals surface area contributed by atoms with Crippen molar-refractivity contribution in [3.63, 3.8) is 0 Å². The van der Waals surface area contributed by atoms with Crippen LogP contribution in [0.3, 0.4) is 0 Å². The maximum absolute atomic E-state index is 13.9. The fraction of sp³-hybridized carbons (Fsp3) is 0.429. The van der Waals surface area contributed by atoms with E-state index in [-0.39, 0.29) is 42.2 Å². The Bertz CT molecular complexity index is 1380. The minimum Gasteiger partial charge on any atom is -0.496 e. The number of halogens is 1. The molecule has 5 rings (SSSR count). The summed E-state index contributed by atoms with van der Waals surface area (Å²) in [5, 5.41) is 6.51. The summed E-state index contributed by atoms with van der Waals surface area (Å²) >= 11 is 0. The molecule has 1 unspecified atom stereocenters. The fourth-order valence-corrected chi connectivity index (χ4v) is 5.60. The number of nitrogens with zero attached hydrogens (tertiary/aromatic N) is 1. The minimum absolute atomic E-state index is 0. The van der Waals surface area contributed by atoms with Crippen molar-refractivity contribution in [3.05, 3.63) is 89.5 Å². The van der Waals surface area contributed by atoms with Crippen LogP contribution < -0.4 is 24.8 Å². The van der Waals surface area contributed by atoms with Crippen LogP contribution in [0.1, 0.15) is 47.2 Å². The first kappa shape index (κ1) is 34.1. The molecular formula is C35H44ClN3O6. The standard InChI is InChI=1S/C35H43N3O6.ClH/c1-41-32-10-5-3-8-26(32)23-38(28-14-15-28)35(40)30-22-36-19-18-31(30)37-34(39)25-12-16-29(17-13-25)44-21-7-20-43-24-27-9-4-6-11-33(27)42-2;/h3-6,8-13,16-17,28,30-31,36H,7,14-15,18-24H2,1-2H3,(H,37,39);1H/t30?,31-;/m0./s1. The van der Waals surface area contributed by atoms with Gasteiger partial charge in [-0.25, -0.2) is 0 Å². The Labute approximate surface area is 272 Å². The van der Waals surface area contributed by atoms with E-state index in [4.69, 9.17) is 18.9 Å². The molecule has 3 aromatic carbocycles. The van der Waals surface area contributed by atoms with Crippen LogP contribution >= 0.6 is 12.4 Å². The normalized spacial score (nSPS) is 17.5. The summed E-state index contributed by atoms with van der Waals surface area (Å²) < 4.78 is 22.5. The van der Waals surface area contributed by atoms with Crippen LogP contribution in [-0.2, 0) is 22.7 Å². The Balaban J connectivity index is 0.00000461. The number of benzene rings is 3. The average molecular weight is 638 g/mol. The smallest absolute Gasteiger partial charge is 0.251 e. The van der Waals surface area contributed by atoms with Gasteiger partial charge in [0.25, 0.3) is 5.91 Å². The number of hydrogen-bond donors (Lipinski definition) is 2. The lowest BCUT2D eigenvalue weighted by Gasteiger charge is -2.36. The van der Waals surface area contributed by atoms with Gasteiger partial charge in [0, 0.05) is 48.3 Å². The van der Waals surface area contributed by atoms with Crippen LogP contribution in [0.25, 0.3) is 0 Å². The highest BCUT2D eigenvalue weighted by atomic mass is 35.5. The molecular weight excluding hydrogens is 594 g/mol. The molecule has 1 heterocycles. The topological polar surface area (TPSA) is 98.4 Å². The number of nitrogens with one attached hydrogen (secondary N) is 2. The molecule has 2 amide bonds. The maximum Gasteiger partial charge on any atom is 0.251 e. The quantitative estimate of drug-likeness (QED) is 0.226. The molecule has 45 heavy (non-hydrogen) atoms. The summed E-state index contributed by atoms with van der Waals surface area (Å²) in [5.41, 5.74) is 2.54.